The van der Waals surface area contributed by atoms with Crippen LogP contribution < -0.4 is 21.5 Å². The van der Waals surface area contributed by atoms with Gasteiger partial charge in [0.15, 0.2) is 0 Å². The summed E-state index contributed by atoms with van der Waals surface area (Å²) in [5.74, 6) is 0.112. The summed E-state index contributed by atoms with van der Waals surface area (Å²) < 4.78 is 5.35. The van der Waals surface area contributed by atoms with E-state index in [0.29, 0.717) is 24.4 Å². The number of carbonyl (C=O) groups is 2. The number of nitrogens with one attached hydrogen (secondary N) is 1. The van der Waals surface area contributed by atoms with Crippen molar-refractivity contribution in [3.63, 3.8) is 0 Å². The Bertz CT molecular complexity index is 481. The molecule has 6 heteroatoms. The lowest BCUT2D eigenvalue weighted by atomic mass is 9.86. The number of carbonyl (C=O) groups excluding carboxylic acids is 2. The Hall–Kier alpha value is -2.08. The van der Waals surface area contributed by atoms with Gasteiger partial charge in [0.2, 0.25) is 11.8 Å². The molecule has 0 saturated heterocycles. The zero-order valence-electron chi connectivity index (χ0n) is 12.5. The van der Waals surface area contributed by atoms with Gasteiger partial charge in [-0.05, 0) is 37.6 Å². The predicted octanol–water partition coefficient (Wildman–Crippen LogP) is 1.25. The van der Waals surface area contributed by atoms with Gasteiger partial charge in [-0.2, -0.15) is 0 Å². The van der Waals surface area contributed by atoms with Gasteiger partial charge in [0.1, 0.15) is 5.75 Å². The number of nitrogens with two attached hydrogens (primary N) is 2. The average molecular weight is 293 g/mol. The number of benzene rings is 1. The number of amides is 2. The maximum Gasteiger partial charge on any atom is 0.231 e. The molecule has 6 nitrogen and oxygen atoms in total. The third-order valence-electron chi connectivity index (χ3n) is 3.51. The molecule has 0 heterocycles. The van der Waals surface area contributed by atoms with E-state index in [2.05, 4.69) is 5.32 Å². The van der Waals surface area contributed by atoms with Crippen molar-refractivity contribution in [1.82, 2.24) is 0 Å². The van der Waals surface area contributed by atoms with Crippen molar-refractivity contribution in [2.45, 2.75) is 26.7 Å². The van der Waals surface area contributed by atoms with E-state index in [1.165, 1.54) is 0 Å². The van der Waals surface area contributed by atoms with Gasteiger partial charge in [0.05, 0.1) is 18.4 Å². The fourth-order valence-corrected chi connectivity index (χ4v) is 1.58. The SMILES string of the molecule is CCC(C)(CN)C(=O)Nc1ccc(OCCC(N)=O)cc1. The third-order valence-corrected chi connectivity index (χ3v) is 3.51. The largest absolute Gasteiger partial charge is 0.493 e. The van der Waals surface area contributed by atoms with Crippen LogP contribution >= 0.6 is 0 Å². The van der Waals surface area contributed by atoms with E-state index < -0.39 is 11.3 Å². The second-order valence-corrected chi connectivity index (χ2v) is 5.16. The van der Waals surface area contributed by atoms with E-state index in [1.807, 2.05) is 13.8 Å². The van der Waals surface area contributed by atoms with Crippen molar-refractivity contribution in [2.24, 2.45) is 16.9 Å². The van der Waals surface area contributed by atoms with Gasteiger partial charge >= 0.3 is 0 Å². The molecule has 0 aliphatic heterocycles. The summed E-state index contributed by atoms with van der Waals surface area (Å²) in [6.07, 6.45) is 0.841. The van der Waals surface area contributed by atoms with E-state index in [1.54, 1.807) is 24.3 Å². The van der Waals surface area contributed by atoms with Gasteiger partial charge in [-0.15, -0.1) is 0 Å². The van der Waals surface area contributed by atoms with Crippen LogP contribution in [-0.2, 0) is 9.59 Å². The predicted molar refractivity (Wildman–Crippen MR) is 81.8 cm³/mol. The Kier molecular flexibility index (Phi) is 6.17. The van der Waals surface area contributed by atoms with Gasteiger partial charge in [0, 0.05) is 12.2 Å². The molecule has 0 saturated carbocycles. The number of primary amides is 1. The van der Waals surface area contributed by atoms with Crippen LogP contribution in [0.4, 0.5) is 5.69 Å². The summed E-state index contributed by atoms with van der Waals surface area (Å²) in [5, 5.41) is 2.84. The highest BCUT2D eigenvalue weighted by atomic mass is 16.5. The Morgan fingerprint density at radius 2 is 1.90 bits per heavy atom. The number of hydrogen-bond acceptors (Lipinski definition) is 4. The maximum atomic E-state index is 12.2. The van der Waals surface area contributed by atoms with Crippen molar-refractivity contribution in [1.29, 1.82) is 0 Å². The van der Waals surface area contributed by atoms with Crippen molar-refractivity contribution in [2.75, 3.05) is 18.5 Å². The second kappa shape index (κ2) is 7.64. The third kappa shape index (κ3) is 5.07. The van der Waals surface area contributed by atoms with Crippen LogP contribution in [0.15, 0.2) is 24.3 Å². The van der Waals surface area contributed by atoms with Crippen LogP contribution in [-0.4, -0.2) is 25.0 Å². The summed E-state index contributed by atoms with van der Waals surface area (Å²) in [4.78, 5) is 22.8. The number of hydrogen-bond donors (Lipinski definition) is 3. The van der Waals surface area contributed by atoms with E-state index >= 15 is 0 Å². The lowest BCUT2D eigenvalue weighted by molar-refractivity contribution is -0.124. The van der Waals surface area contributed by atoms with Crippen LogP contribution in [0.2, 0.25) is 0 Å². The number of rotatable bonds is 8. The van der Waals surface area contributed by atoms with Crippen molar-refractivity contribution >= 4 is 17.5 Å². The number of anilines is 1. The molecule has 0 spiro atoms. The highest BCUT2D eigenvalue weighted by Gasteiger charge is 2.29. The Morgan fingerprint density at radius 3 is 2.38 bits per heavy atom. The molecule has 0 fully saturated rings. The molecule has 1 unspecified atom stereocenters. The van der Waals surface area contributed by atoms with Crippen LogP contribution in [0.25, 0.3) is 0 Å². The maximum absolute atomic E-state index is 12.2. The first-order valence-electron chi connectivity index (χ1n) is 6.94. The average Bonchev–Trinajstić information content (AvgIpc) is 2.47. The lowest BCUT2D eigenvalue weighted by Crippen LogP contribution is -2.39. The number of ether oxygens (including phenoxy) is 1. The molecule has 0 aromatic heterocycles. The first-order valence-corrected chi connectivity index (χ1v) is 6.94. The molecule has 1 rings (SSSR count). The van der Waals surface area contributed by atoms with Gasteiger partial charge in [0.25, 0.3) is 0 Å². The van der Waals surface area contributed by atoms with E-state index in [0.717, 1.165) is 0 Å². The quantitative estimate of drug-likeness (QED) is 0.670. The van der Waals surface area contributed by atoms with E-state index in [-0.39, 0.29) is 18.9 Å². The molecule has 0 aliphatic carbocycles. The molecule has 5 N–H and O–H groups in total. The van der Waals surface area contributed by atoms with Crippen molar-refractivity contribution < 1.29 is 14.3 Å². The van der Waals surface area contributed by atoms with Gasteiger partial charge < -0.3 is 21.5 Å². The topological polar surface area (TPSA) is 107 Å². The van der Waals surface area contributed by atoms with Crippen molar-refractivity contribution in [3.8, 4) is 5.75 Å². The first-order chi connectivity index (χ1) is 9.91. The zero-order chi connectivity index (χ0) is 15.9. The molecule has 1 aromatic carbocycles. The Labute approximate surface area is 124 Å². The molecule has 1 aromatic rings. The minimum absolute atomic E-state index is 0.102. The fourth-order valence-electron chi connectivity index (χ4n) is 1.58. The summed E-state index contributed by atoms with van der Waals surface area (Å²) in [6.45, 7) is 4.30. The molecule has 21 heavy (non-hydrogen) atoms. The fraction of sp³-hybridized carbons (Fsp3) is 0.467. The lowest BCUT2D eigenvalue weighted by Gasteiger charge is -2.24. The smallest absolute Gasteiger partial charge is 0.231 e. The monoisotopic (exact) mass is 293 g/mol. The summed E-state index contributed by atoms with van der Waals surface area (Å²) in [7, 11) is 0. The Balaban J connectivity index is 2.58. The van der Waals surface area contributed by atoms with E-state index in [9.17, 15) is 9.59 Å². The van der Waals surface area contributed by atoms with Crippen LogP contribution in [0, 0.1) is 5.41 Å². The van der Waals surface area contributed by atoms with E-state index in [4.69, 9.17) is 16.2 Å². The van der Waals surface area contributed by atoms with Gasteiger partial charge in [-0.1, -0.05) is 6.92 Å². The summed E-state index contributed by atoms with van der Waals surface area (Å²) >= 11 is 0. The van der Waals surface area contributed by atoms with Crippen LogP contribution in [0.1, 0.15) is 26.7 Å². The molecule has 0 bridgehead atoms. The Morgan fingerprint density at radius 1 is 1.29 bits per heavy atom. The highest BCUT2D eigenvalue weighted by molar-refractivity contribution is 5.95. The molecular weight excluding hydrogens is 270 g/mol. The molecule has 0 aliphatic rings. The minimum atomic E-state index is -0.573. The van der Waals surface area contributed by atoms with Crippen molar-refractivity contribution in [3.05, 3.63) is 24.3 Å². The normalized spacial score (nSPS) is 13.3. The minimum Gasteiger partial charge on any atom is -0.493 e. The molecule has 2 amide bonds. The van der Waals surface area contributed by atoms with Gasteiger partial charge in [-0.3, -0.25) is 9.59 Å². The summed E-state index contributed by atoms with van der Waals surface area (Å²) in [6, 6.07) is 6.93. The highest BCUT2D eigenvalue weighted by Crippen LogP contribution is 2.23. The van der Waals surface area contributed by atoms with Gasteiger partial charge in [-0.25, -0.2) is 0 Å². The summed E-state index contributed by atoms with van der Waals surface area (Å²) in [5.41, 5.74) is 10.8. The molecule has 0 radical (unpaired) electrons. The first kappa shape index (κ1) is 17.0. The zero-order valence-corrected chi connectivity index (χ0v) is 12.5. The molecular formula is C15H23N3O3. The van der Waals surface area contributed by atoms with Crippen LogP contribution in [0.5, 0.6) is 5.75 Å². The molecule has 116 valence electrons. The van der Waals surface area contributed by atoms with Crippen LogP contribution in [0.3, 0.4) is 0 Å². The second-order valence-electron chi connectivity index (χ2n) is 5.16. The molecule has 1 atom stereocenters. The standard InChI is InChI=1S/C15H23N3O3/c1-3-15(2,10-16)14(20)18-11-4-6-12(7-5-11)21-9-8-13(17)19/h4-7H,3,8-10,16H2,1-2H3,(H2,17,19)(H,18,20).